The highest BCUT2D eigenvalue weighted by Gasteiger charge is 2.40. The van der Waals surface area contributed by atoms with E-state index in [4.69, 9.17) is 14.2 Å². The Morgan fingerprint density at radius 3 is 1.77 bits per heavy atom. The van der Waals surface area contributed by atoms with Gasteiger partial charge in [-0.1, -0.05) is 134 Å². The lowest BCUT2D eigenvalue weighted by molar-refractivity contribution is -0.182. The molecule has 1 aromatic carbocycles. The van der Waals surface area contributed by atoms with E-state index in [2.05, 4.69) is 19.1 Å². The maximum atomic E-state index is 9.90. The lowest BCUT2D eigenvalue weighted by Crippen LogP contribution is -2.40. The van der Waals surface area contributed by atoms with Crippen LogP contribution in [0.2, 0.25) is 0 Å². The van der Waals surface area contributed by atoms with Gasteiger partial charge < -0.3 is 19.3 Å². The topological polar surface area (TPSA) is 47.9 Å². The molecule has 2 atom stereocenters. The van der Waals surface area contributed by atoms with Gasteiger partial charge in [0.1, 0.15) is 5.60 Å². The largest absolute Gasteiger partial charge is 0.378 e. The molecule has 4 nitrogen and oxygen atoms in total. The Morgan fingerprint density at radius 2 is 1.26 bits per heavy atom. The first-order chi connectivity index (χ1) is 17.2. The molecule has 0 radical (unpaired) electrons. The van der Waals surface area contributed by atoms with Gasteiger partial charge >= 0.3 is 0 Å². The van der Waals surface area contributed by atoms with Crippen LogP contribution in [0.4, 0.5) is 0 Å². The predicted molar refractivity (Wildman–Crippen MR) is 146 cm³/mol. The van der Waals surface area contributed by atoms with Gasteiger partial charge in [0.05, 0.1) is 19.8 Å². The highest BCUT2D eigenvalue weighted by atomic mass is 16.6. The molecule has 0 saturated carbocycles. The number of aliphatic hydroxyl groups is 1. The fourth-order valence-electron chi connectivity index (χ4n) is 4.99. The summed E-state index contributed by atoms with van der Waals surface area (Å²) in [6, 6.07) is 10.2. The molecule has 0 bridgehead atoms. The highest BCUT2D eigenvalue weighted by Crippen LogP contribution is 2.30. The van der Waals surface area contributed by atoms with Crippen molar-refractivity contribution in [2.75, 3.05) is 19.8 Å². The number of benzene rings is 1. The van der Waals surface area contributed by atoms with Crippen LogP contribution < -0.4 is 0 Å². The van der Waals surface area contributed by atoms with Crippen molar-refractivity contribution >= 4 is 0 Å². The molecule has 1 saturated heterocycles. The fourth-order valence-corrected chi connectivity index (χ4v) is 4.99. The number of hydrogen-bond acceptors (Lipinski definition) is 4. The van der Waals surface area contributed by atoms with Crippen LogP contribution in [0.5, 0.6) is 0 Å². The number of rotatable bonds is 23. The number of aliphatic hydroxyl groups excluding tert-OH is 1. The Morgan fingerprint density at radius 1 is 0.743 bits per heavy atom. The second kappa shape index (κ2) is 20.2. The van der Waals surface area contributed by atoms with Gasteiger partial charge in [-0.2, -0.15) is 0 Å². The lowest BCUT2D eigenvalue weighted by Gasteiger charge is -2.28. The summed E-state index contributed by atoms with van der Waals surface area (Å²) in [5, 5.41) is 9.90. The van der Waals surface area contributed by atoms with Crippen molar-refractivity contribution in [2.24, 2.45) is 0 Å². The summed E-state index contributed by atoms with van der Waals surface area (Å²) in [5.41, 5.74) is 0.638. The van der Waals surface area contributed by atoms with Crippen LogP contribution in [-0.2, 0) is 20.8 Å². The third-order valence-corrected chi connectivity index (χ3v) is 7.22. The van der Waals surface area contributed by atoms with Crippen molar-refractivity contribution in [3.63, 3.8) is 0 Å². The quantitative estimate of drug-likeness (QED) is 0.157. The van der Waals surface area contributed by atoms with E-state index in [1.54, 1.807) is 0 Å². The Hall–Kier alpha value is -0.940. The molecule has 1 aromatic rings. The smallest absolute Gasteiger partial charge is 0.155 e. The molecule has 1 heterocycles. The van der Waals surface area contributed by atoms with E-state index >= 15 is 0 Å². The second-order valence-electron chi connectivity index (χ2n) is 10.6. The van der Waals surface area contributed by atoms with Crippen molar-refractivity contribution in [3.05, 3.63) is 35.9 Å². The minimum Gasteiger partial charge on any atom is -0.378 e. The average Bonchev–Trinajstić information content (AvgIpc) is 3.24. The average molecular weight is 491 g/mol. The Kier molecular flexibility index (Phi) is 17.4. The standard InChI is InChI=1S/C31H54O4/c1-2-3-4-5-6-7-8-9-10-11-12-13-14-15-16-20-25-33-27-31(24-23-30(32)35-31)28-34-26-29-21-18-17-19-22-29/h17-19,21-22,30,32H,2-16,20,23-28H2,1H3. The van der Waals surface area contributed by atoms with Crippen LogP contribution >= 0.6 is 0 Å². The number of unbranched alkanes of at least 4 members (excludes halogenated alkanes) is 15. The van der Waals surface area contributed by atoms with E-state index < -0.39 is 11.9 Å². The summed E-state index contributed by atoms with van der Waals surface area (Å²) >= 11 is 0. The van der Waals surface area contributed by atoms with Gasteiger partial charge in [0.15, 0.2) is 6.29 Å². The van der Waals surface area contributed by atoms with Crippen molar-refractivity contribution < 1.29 is 19.3 Å². The Balaban J connectivity index is 1.38. The van der Waals surface area contributed by atoms with Crippen LogP contribution in [0.25, 0.3) is 0 Å². The van der Waals surface area contributed by atoms with Gasteiger partial charge in [-0.3, -0.25) is 0 Å². The Bertz CT molecular complexity index is 593. The SMILES string of the molecule is CCCCCCCCCCCCCCCCCCOCC1(COCc2ccccc2)CCC(O)O1. The van der Waals surface area contributed by atoms with Gasteiger partial charge in [-0.15, -0.1) is 0 Å². The summed E-state index contributed by atoms with van der Waals surface area (Å²) in [4.78, 5) is 0. The minimum absolute atomic E-state index is 0.456. The molecule has 0 amide bonds. The zero-order valence-electron chi connectivity index (χ0n) is 22.7. The van der Waals surface area contributed by atoms with Gasteiger partial charge in [0.25, 0.3) is 0 Å². The van der Waals surface area contributed by atoms with E-state index in [0.29, 0.717) is 26.2 Å². The van der Waals surface area contributed by atoms with Crippen LogP contribution in [0.15, 0.2) is 30.3 Å². The maximum Gasteiger partial charge on any atom is 0.155 e. The van der Waals surface area contributed by atoms with Crippen LogP contribution in [0.1, 0.15) is 128 Å². The number of ether oxygens (including phenoxy) is 3. The molecule has 202 valence electrons. The first-order valence-electron chi connectivity index (χ1n) is 14.8. The van der Waals surface area contributed by atoms with E-state index in [9.17, 15) is 5.11 Å². The molecule has 1 aliphatic rings. The van der Waals surface area contributed by atoms with Crippen LogP contribution in [-0.4, -0.2) is 36.8 Å². The summed E-state index contributed by atoms with van der Waals surface area (Å²) in [6.07, 6.45) is 22.8. The Labute approximate surface area is 216 Å². The van der Waals surface area contributed by atoms with Crippen molar-refractivity contribution in [1.29, 1.82) is 0 Å². The minimum atomic E-state index is -0.700. The summed E-state index contributed by atoms with van der Waals surface area (Å²) in [5.74, 6) is 0. The van der Waals surface area contributed by atoms with Crippen LogP contribution in [0.3, 0.4) is 0 Å². The van der Waals surface area contributed by atoms with Gasteiger partial charge in [0.2, 0.25) is 0 Å². The molecule has 0 spiro atoms. The molecule has 1 fully saturated rings. The van der Waals surface area contributed by atoms with E-state index in [1.165, 1.54) is 96.3 Å². The van der Waals surface area contributed by atoms with Crippen molar-refractivity contribution in [2.45, 2.75) is 141 Å². The molecule has 2 rings (SSSR count). The summed E-state index contributed by atoms with van der Waals surface area (Å²) in [7, 11) is 0. The van der Waals surface area contributed by atoms with E-state index in [1.807, 2.05) is 18.2 Å². The zero-order chi connectivity index (χ0) is 24.9. The second-order valence-corrected chi connectivity index (χ2v) is 10.6. The molecule has 0 aromatic heterocycles. The molecule has 0 aliphatic carbocycles. The summed E-state index contributed by atoms with van der Waals surface area (Å²) < 4.78 is 17.7. The molecule has 1 aliphatic heterocycles. The monoisotopic (exact) mass is 490 g/mol. The summed E-state index contributed by atoms with van der Waals surface area (Å²) in [6.45, 7) is 4.56. The third-order valence-electron chi connectivity index (χ3n) is 7.22. The maximum absolute atomic E-state index is 9.90. The highest BCUT2D eigenvalue weighted by molar-refractivity contribution is 5.13. The van der Waals surface area contributed by atoms with Crippen LogP contribution in [0, 0.1) is 0 Å². The van der Waals surface area contributed by atoms with Gasteiger partial charge in [-0.25, -0.2) is 0 Å². The zero-order valence-corrected chi connectivity index (χ0v) is 22.7. The first kappa shape index (κ1) is 30.3. The molecule has 1 N–H and O–H groups in total. The van der Waals surface area contributed by atoms with E-state index in [0.717, 1.165) is 25.0 Å². The first-order valence-corrected chi connectivity index (χ1v) is 14.8. The van der Waals surface area contributed by atoms with Gasteiger partial charge in [-0.05, 0) is 18.4 Å². The molecular formula is C31H54O4. The van der Waals surface area contributed by atoms with E-state index in [-0.39, 0.29) is 0 Å². The molecular weight excluding hydrogens is 436 g/mol. The molecule has 2 unspecified atom stereocenters. The molecule has 35 heavy (non-hydrogen) atoms. The predicted octanol–water partition coefficient (Wildman–Crippen LogP) is 8.35. The molecule has 4 heteroatoms. The third kappa shape index (κ3) is 15.0. The van der Waals surface area contributed by atoms with Gasteiger partial charge in [0, 0.05) is 13.0 Å². The number of hydrogen-bond donors (Lipinski definition) is 1. The lowest BCUT2D eigenvalue weighted by atomic mass is 10.0. The fraction of sp³-hybridized carbons (Fsp3) is 0.806. The van der Waals surface area contributed by atoms with Crippen molar-refractivity contribution in [3.8, 4) is 0 Å². The van der Waals surface area contributed by atoms with Crippen molar-refractivity contribution in [1.82, 2.24) is 0 Å². The normalized spacial score (nSPS) is 20.0.